The number of amides is 1. The van der Waals surface area contributed by atoms with Crippen molar-refractivity contribution in [2.75, 3.05) is 13.1 Å². The van der Waals surface area contributed by atoms with Crippen LogP contribution in [0.2, 0.25) is 5.02 Å². The molecule has 1 fully saturated rings. The highest BCUT2D eigenvalue weighted by atomic mass is 35.5. The Morgan fingerprint density at radius 3 is 2.65 bits per heavy atom. The molecule has 1 aliphatic rings. The highest BCUT2D eigenvalue weighted by Gasteiger charge is 2.26. The standard InChI is InChI=1S/C19H20ClN5O/c20-15-4-1-13(2-5-15)3-6-16(26)25-11-7-14(8-12-25)17-18-19(24-23-17)22-10-9-21-18/h1-2,4-5,9-10,14H,3,6-8,11-12H2,(H,22,23,24). The fraction of sp³-hybridized carbons (Fsp3) is 0.368. The first-order valence-corrected chi connectivity index (χ1v) is 9.25. The number of hydrogen-bond acceptors (Lipinski definition) is 4. The quantitative estimate of drug-likeness (QED) is 0.765. The molecule has 0 unspecified atom stereocenters. The first kappa shape index (κ1) is 17.0. The molecule has 0 spiro atoms. The number of hydrogen-bond donors (Lipinski definition) is 1. The van der Waals surface area contributed by atoms with Crippen molar-refractivity contribution >= 4 is 28.7 Å². The maximum Gasteiger partial charge on any atom is 0.222 e. The van der Waals surface area contributed by atoms with Gasteiger partial charge in [-0.3, -0.25) is 9.89 Å². The molecule has 134 valence electrons. The van der Waals surface area contributed by atoms with Crippen molar-refractivity contribution < 1.29 is 4.79 Å². The van der Waals surface area contributed by atoms with Gasteiger partial charge in [0.2, 0.25) is 5.91 Å². The van der Waals surface area contributed by atoms with Crippen molar-refractivity contribution in [1.82, 2.24) is 25.1 Å². The average Bonchev–Trinajstić information content (AvgIpc) is 3.11. The Kier molecular flexibility index (Phi) is 4.84. The second kappa shape index (κ2) is 7.41. The van der Waals surface area contributed by atoms with Gasteiger partial charge in [-0.25, -0.2) is 9.97 Å². The number of halogens is 1. The minimum atomic E-state index is 0.215. The van der Waals surface area contributed by atoms with Crippen molar-refractivity contribution in [3.05, 3.63) is 52.9 Å². The van der Waals surface area contributed by atoms with Crippen LogP contribution in [0.5, 0.6) is 0 Å². The monoisotopic (exact) mass is 369 g/mol. The number of aryl methyl sites for hydroxylation is 1. The number of nitrogens with zero attached hydrogens (tertiary/aromatic N) is 4. The number of fused-ring (bicyclic) bond motifs is 1. The van der Waals surface area contributed by atoms with Gasteiger partial charge in [-0.05, 0) is 37.0 Å². The predicted octanol–water partition coefficient (Wildman–Crippen LogP) is 3.35. The summed E-state index contributed by atoms with van der Waals surface area (Å²) in [6.07, 6.45) is 6.45. The third-order valence-corrected chi connectivity index (χ3v) is 5.26. The lowest BCUT2D eigenvalue weighted by Gasteiger charge is -2.31. The zero-order valence-electron chi connectivity index (χ0n) is 14.4. The van der Waals surface area contributed by atoms with Gasteiger partial charge in [-0.15, -0.1) is 0 Å². The Labute approximate surface area is 156 Å². The van der Waals surface area contributed by atoms with E-state index in [-0.39, 0.29) is 5.91 Å². The van der Waals surface area contributed by atoms with Crippen LogP contribution in [0.4, 0.5) is 0 Å². The Balaban J connectivity index is 1.33. The molecule has 0 saturated carbocycles. The van der Waals surface area contributed by atoms with E-state index in [4.69, 9.17) is 11.6 Å². The molecule has 3 heterocycles. The van der Waals surface area contributed by atoms with Crippen LogP contribution in [0.25, 0.3) is 11.2 Å². The zero-order valence-corrected chi connectivity index (χ0v) is 15.1. The summed E-state index contributed by atoms with van der Waals surface area (Å²) in [6, 6.07) is 7.69. The Bertz CT molecular complexity index is 900. The molecule has 1 aliphatic heterocycles. The van der Waals surface area contributed by atoms with Crippen LogP contribution in [-0.2, 0) is 11.2 Å². The fourth-order valence-electron chi connectivity index (χ4n) is 3.53. The summed E-state index contributed by atoms with van der Waals surface area (Å²) >= 11 is 5.90. The van der Waals surface area contributed by atoms with E-state index in [0.717, 1.165) is 54.1 Å². The van der Waals surface area contributed by atoms with Gasteiger partial charge in [-0.2, -0.15) is 5.10 Å². The van der Waals surface area contributed by atoms with Crippen molar-refractivity contribution in [2.24, 2.45) is 0 Å². The molecule has 0 aliphatic carbocycles. The van der Waals surface area contributed by atoms with Crippen LogP contribution in [0.15, 0.2) is 36.7 Å². The van der Waals surface area contributed by atoms with Gasteiger partial charge in [0, 0.05) is 42.8 Å². The SMILES string of the molecule is O=C(CCc1ccc(Cl)cc1)N1CCC(c2[nH]nc3nccnc23)CC1. The van der Waals surface area contributed by atoms with E-state index >= 15 is 0 Å². The van der Waals surface area contributed by atoms with Crippen LogP contribution in [0, 0.1) is 0 Å². The number of H-pyrrole nitrogens is 1. The van der Waals surface area contributed by atoms with Gasteiger partial charge in [-0.1, -0.05) is 23.7 Å². The molecule has 1 N–H and O–H groups in total. The van der Waals surface area contributed by atoms with Crippen molar-refractivity contribution in [3.63, 3.8) is 0 Å². The molecule has 2 aromatic heterocycles. The van der Waals surface area contributed by atoms with Crippen molar-refractivity contribution in [3.8, 4) is 0 Å². The van der Waals surface area contributed by atoms with Crippen LogP contribution < -0.4 is 0 Å². The van der Waals surface area contributed by atoms with E-state index in [1.165, 1.54) is 0 Å². The predicted molar refractivity (Wildman–Crippen MR) is 100 cm³/mol. The number of benzene rings is 1. The molecule has 26 heavy (non-hydrogen) atoms. The van der Waals surface area contributed by atoms with E-state index in [1.807, 2.05) is 29.2 Å². The molecule has 1 amide bonds. The summed E-state index contributed by atoms with van der Waals surface area (Å²) in [7, 11) is 0. The van der Waals surface area contributed by atoms with E-state index < -0.39 is 0 Å². The topological polar surface area (TPSA) is 74.8 Å². The average molecular weight is 370 g/mol. The van der Waals surface area contributed by atoms with Gasteiger partial charge < -0.3 is 4.90 Å². The first-order valence-electron chi connectivity index (χ1n) is 8.88. The van der Waals surface area contributed by atoms with Gasteiger partial charge in [0.1, 0.15) is 5.52 Å². The molecule has 1 aromatic carbocycles. The number of carbonyl (C=O) groups excluding carboxylic acids is 1. The smallest absolute Gasteiger partial charge is 0.222 e. The molecule has 1 saturated heterocycles. The van der Waals surface area contributed by atoms with Gasteiger partial charge >= 0.3 is 0 Å². The third kappa shape index (κ3) is 3.55. The summed E-state index contributed by atoms with van der Waals surface area (Å²) in [5.41, 5.74) is 3.69. The largest absolute Gasteiger partial charge is 0.343 e. The number of rotatable bonds is 4. The van der Waals surface area contributed by atoms with Crippen LogP contribution >= 0.6 is 11.6 Å². The lowest BCUT2D eigenvalue weighted by Crippen LogP contribution is -2.38. The van der Waals surface area contributed by atoms with Crippen molar-refractivity contribution in [2.45, 2.75) is 31.6 Å². The number of aromatic nitrogens is 4. The summed E-state index contributed by atoms with van der Waals surface area (Å²) in [5, 5.41) is 8.04. The molecule has 0 bridgehead atoms. The lowest BCUT2D eigenvalue weighted by molar-refractivity contribution is -0.132. The summed E-state index contributed by atoms with van der Waals surface area (Å²) in [5.74, 6) is 0.560. The Morgan fingerprint density at radius 1 is 1.15 bits per heavy atom. The van der Waals surface area contributed by atoms with Crippen LogP contribution in [0.3, 0.4) is 0 Å². The zero-order chi connectivity index (χ0) is 17.9. The Hall–Kier alpha value is -2.47. The summed E-state index contributed by atoms with van der Waals surface area (Å²) < 4.78 is 0. The molecular formula is C19H20ClN5O. The van der Waals surface area contributed by atoms with Gasteiger partial charge in [0.25, 0.3) is 0 Å². The Morgan fingerprint density at radius 2 is 1.88 bits per heavy atom. The third-order valence-electron chi connectivity index (χ3n) is 5.01. The minimum Gasteiger partial charge on any atom is -0.343 e. The van der Waals surface area contributed by atoms with Crippen LogP contribution in [0.1, 0.15) is 36.4 Å². The molecule has 0 atom stereocenters. The normalized spacial score (nSPS) is 15.5. The second-order valence-electron chi connectivity index (χ2n) is 6.65. The molecular weight excluding hydrogens is 350 g/mol. The number of carbonyl (C=O) groups is 1. The maximum atomic E-state index is 12.5. The first-order chi connectivity index (χ1) is 12.7. The number of nitrogens with one attached hydrogen (secondary N) is 1. The number of aromatic amines is 1. The molecule has 4 rings (SSSR count). The minimum absolute atomic E-state index is 0.215. The summed E-state index contributed by atoms with van der Waals surface area (Å²) in [6.45, 7) is 1.54. The van der Waals surface area contributed by atoms with Crippen molar-refractivity contribution in [1.29, 1.82) is 0 Å². The maximum absolute atomic E-state index is 12.5. The van der Waals surface area contributed by atoms with E-state index in [9.17, 15) is 4.79 Å². The molecule has 7 heteroatoms. The van der Waals surface area contributed by atoms with Gasteiger partial charge in [0.05, 0.1) is 5.69 Å². The lowest BCUT2D eigenvalue weighted by atomic mass is 9.92. The van der Waals surface area contributed by atoms with E-state index in [2.05, 4.69) is 20.2 Å². The number of likely N-dealkylation sites (tertiary alicyclic amines) is 1. The molecule has 0 radical (unpaired) electrons. The van der Waals surface area contributed by atoms with Crippen LogP contribution in [-0.4, -0.2) is 44.1 Å². The van der Waals surface area contributed by atoms with E-state index in [0.29, 0.717) is 18.0 Å². The molecule has 6 nitrogen and oxygen atoms in total. The highest BCUT2D eigenvalue weighted by Crippen LogP contribution is 2.30. The summed E-state index contributed by atoms with van der Waals surface area (Å²) in [4.78, 5) is 23.1. The highest BCUT2D eigenvalue weighted by molar-refractivity contribution is 6.30. The number of piperidine rings is 1. The second-order valence-corrected chi connectivity index (χ2v) is 7.08. The van der Waals surface area contributed by atoms with Gasteiger partial charge in [0.15, 0.2) is 5.65 Å². The fourth-order valence-corrected chi connectivity index (χ4v) is 3.66. The van der Waals surface area contributed by atoms with E-state index in [1.54, 1.807) is 12.4 Å². The molecule has 3 aromatic rings.